The maximum Gasteiger partial charge on any atom is 0.240 e. The summed E-state index contributed by atoms with van der Waals surface area (Å²) in [5.74, 6) is 0.397. The molecule has 0 bridgehead atoms. The SMILES string of the molecule is CSc1cccc(N(CC(=O)NCCOc2ccccc2C(C)(C)C)S(C)(=O)=O)c1. The number of thioether (sulfide) groups is 1. The third kappa shape index (κ3) is 6.95. The van der Waals surface area contributed by atoms with Gasteiger partial charge in [-0.3, -0.25) is 9.10 Å². The number of benzene rings is 2. The lowest BCUT2D eigenvalue weighted by molar-refractivity contribution is -0.119. The normalized spacial score (nSPS) is 11.8. The molecule has 0 saturated carbocycles. The molecule has 0 spiro atoms. The first-order valence-electron chi connectivity index (χ1n) is 9.63. The Morgan fingerprint density at radius 3 is 2.47 bits per heavy atom. The molecule has 0 unspecified atom stereocenters. The van der Waals surface area contributed by atoms with E-state index < -0.39 is 10.0 Å². The first kappa shape index (κ1) is 24.1. The number of rotatable bonds is 9. The summed E-state index contributed by atoms with van der Waals surface area (Å²) in [6.07, 6.45) is 3.01. The smallest absolute Gasteiger partial charge is 0.240 e. The molecule has 1 amide bonds. The van der Waals surface area contributed by atoms with Gasteiger partial charge in [-0.2, -0.15) is 0 Å². The van der Waals surface area contributed by atoms with Crippen LogP contribution in [0.1, 0.15) is 26.3 Å². The van der Waals surface area contributed by atoms with Crippen LogP contribution in [-0.4, -0.2) is 46.5 Å². The van der Waals surface area contributed by atoms with E-state index in [0.717, 1.165) is 26.8 Å². The summed E-state index contributed by atoms with van der Waals surface area (Å²) in [4.78, 5) is 13.3. The van der Waals surface area contributed by atoms with E-state index in [4.69, 9.17) is 4.74 Å². The van der Waals surface area contributed by atoms with Crippen molar-refractivity contribution in [2.75, 3.05) is 36.5 Å². The number of carbonyl (C=O) groups excluding carboxylic acids is 1. The molecule has 0 aliphatic heterocycles. The van der Waals surface area contributed by atoms with E-state index in [1.165, 1.54) is 11.8 Å². The van der Waals surface area contributed by atoms with Gasteiger partial charge in [-0.15, -0.1) is 11.8 Å². The van der Waals surface area contributed by atoms with Crippen LogP contribution in [0.25, 0.3) is 0 Å². The second-order valence-electron chi connectivity index (χ2n) is 7.92. The lowest BCUT2D eigenvalue weighted by Gasteiger charge is -2.23. The molecule has 30 heavy (non-hydrogen) atoms. The molecule has 0 saturated heterocycles. The lowest BCUT2D eigenvalue weighted by Crippen LogP contribution is -2.41. The first-order chi connectivity index (χ1) is 14.0. The fraction of sp³-hybridized carbons (Fsp3) is 0.409. The summed E-state index contributed by atoms with van der Waals surface area (Å²) in [6.45, 7) is 6.63. The zero-order chi connectivity index (χ0) is 22.4. The van der Waals surface area contributed by atoms with Gasteiger partial charge in [0.15, 0.2) is 0 Å². The van der Waals surface area contributed by atoms with Gasteiger partial charge in [-0.05, 0) is 41.5 Å². The Morgan fingerprint density at radius 1 is 1.13 bits per heavy atom. The van der Waals surface area contributed by atoms with Gasteiger partial charge in [0.05, 0.1) is 18.5 Å². The van der Waals surface area contributed by atoms with Crippen LogP contribution < -0.4 is 14.4 Å². The molecule has 0 aliphatic carbocycles. The summed E-state index contributed by atoms with van der Waals surface area (Å²) >= 11 is 1.51. The average molecular weight is 451 g/mol. The molecule has 6 nitrogen and oxygen atoms in total. The highest BCUT2D eigenvalue weighted by atomic mass is 32.2. The van der Waals surface area contributed by atoms with Crippen LogP contribution in [0.2, 0.25) is 0 Å². The third-order valence-corrected chi connectivity index (χ3v) is 6.27. The van der Waals surface area contributed by atoms with E-state index in [-0.39, 0.29) is 24.4 Å². The van der Waals surface area contributed by atoms with Crippen molar-refractivity contribution in [1.29, 1.82) is 0 Å². The Hall–Kier alpha value is -2.19. The summed E-state index contributed by atoms with van der Waals surface area (Å²) < 4.78 is 31.4. The van der Waals surface area contributed by atoms with Crippen molar-refractivity contribution in [1.82, 2.24) is 5.32 Å². The number of amides is 1. The number of anilines is 1. The van der Waals surface area contributed by atoms with Gasteiger partial charge in [0.2, 0.25) is 15.9 Å². The van der Waals surface area contributed by atoms with Crippen LogP contribution in [0.4, 0.5) is 5.69 Å². The Morgan fingerprint density at radius 2 is 1.83 bits per heavy atom. The number of nitrogens with one attached hydrogen (secondary N) is 1. The van der Waals surface area contributed by atoms with Crippen LogP contribution in [0.15, 0.2) is 53.4 Å². The predicted molar refractivity (Wildman–Crippen MR) is 124 cm³/mol. The Bertz CT molecular complexity index is 969. The third-order valence-electron chi connectivity index (χ3n) is 4.41. The van der Waals surface area contributed by atoms with Gasteiger partial charge in [0, 0.05) is 4.90 Å². The van der Waals surface area contributed by atoms with E-state index in [9.17, 15) is 13.2 Å². The van der Waals surface area contributed by atoms with Gasteiger partial charge in [0.25, 0.3) is 0 Å². The predicted octanol–water partition coefficient (Wildman–Crippen LogP) is 3.67. The van der Waals surface area contributed by atoms with Crippen molar-refractivity contribution in [3.05, 3.63) is 54.1 Å². The Balaban J connectivity index is 1.96. The van der Waals surface area contributed by atoms with Crippen LogP contribution in [0.3, 0.4) is 0 Å². The summed E-state index contributed by atoms with van der Waals surface area (Å²) in [7, 11) is -3.60. The Kier molecular flexibility index (Phi) is 8.20. The van der Waals surface area contributed by atoms with Crippen molar-refractivity contribution < 1.29 is 17.9 Å². The number of ether oxygens (including phenoxy) is 1. The molecular formula is C22H30N2O4S2. The molecule has 0 fully saturated rings. The van der Waals surface area contributed by atoms with Crippen molar-refractivity contribution in [2.24, 2.45) is 0 Å². The second-order valence-corrected chi connectivity index (χ2v) is 10.7. The Labute approximate surface area is 184 Å². The number of hydrogen-bond donors (Lipinski definition) is 1. The van der Waals surface area contributed by atoms with Crippen molar-refractivity contribution in [2.45, 2.75) is 31.1 Å². The molecule has 0 heterocycles. The molecule has 8 heteroatoms. The zero-order valence-electron chi connectivity index (χ0n) is 18.1. The van der Waals surface area contributed by atoms with Crippen molar-refractivity contribution in [3.8, 4) is 5.75 Å². The number of nitrogens with zero attached hydrogens (tertiary/aromatic N) is 1. The van der Waals surface area contributed by atoms with E-state index in [0.29, 0.717) is 12.3 Å². The lowest BCUT2D eigenvalue weighted by atomic mass is 9.86. The zero-order valence-corrected chi connectivity index (χ0v) is 19.8. The molecule has 2 aromatic carbocycles. The topological polar surface area (TPSA) is 75.7 Å². The van der Waals surface area contributed by atoms with Gasteiger partial charge in [0.1, 0.15) is 18.9 Å². The molecule has 2 rings (SSSR count). The van der Waals surface area contributed by atoms with Crippen molar-refractivity contribution >= 4 is 33.4 Å². The molecule has 0 aromatic heterocycles. The number of carbonyl (C=O) groups is 1. The second kappa shape index (κ2) is 10.2. The van der Waals surface area contributed by atoms with E-state index in [2.05, 4.69) is 26.1 Å². The molecule has 1 N–H and O–H groups in total. The molecule has 0 radical (unpaired) electrons. The minimum atomic E-state index is -3.60. The number of sulfonamides is 1. The van der Waals surface area contributed by atoms with Gasteiger partial charge < -0.3 is 10.1 Å². The van der Waals surface area contributed by atoms with E-state index in [1.807, 2.05) is 36.6 Å². The highest BCUT2D eigenvalue weighted by Crippen LogP contribution is 2.30. The molecule has 2 aromatic rings. The fourth-order valence-corrected chi connectivity index (χ4v) is 4.22. The number of hydrogen-bond acceptors (Lipinski definition) is 5. The largest absolute Gasteiger partial charge is 0.491 e. The molecular weight excluding hydrogens is 420 g/mol. The minimum absolute atomic E-state index is 0.0544. The molecule has 0 aliphatic rings. The highest BCUT2D eigenvalue weighted by molar-refractivity contribution is 7.98. The standard InChI is InChI=1S/C22H30N2O4S2/c1-22(2,3)19-11-6-7-12-20(19)28-14-13-23-21(25)16-24(30(5,26)27)17-9-8-10-18(15-17)29-4/h6-12,15H,13-14,16H2,1-5H3,(H,23,25). The van der Waals surface area contributed by atoms with E-state index >= 15 is 0 Å². The van der Waals surface area contributed by atoms with Crippen molar-refractivity contribution in [3.63, 3.8) is 0 Å². The van der Waals surface area contributed by atoms with Crippen LogP contribution in [0, 0.1) is 0 Å². The highest BCUT2D eigenvalue weighted by Gasteiger charge is 2.21. The quantitative estimate of drug-likeness (QED) is 0.466. The molecule has 164 valence electrons. The average Bonchev–Trinajstić information content (AvgIpc) is 2.68. The monoisotopic (exact) mass is 450 g/mol. The van der Waals surface area contributed by atoms with Crippen LogP contribution >= 0.6 is 11.8 Å². The van der Waals surface area contributed by atoms with Gasteiger partial charge in [-0.1, -0.05) is 45.0 Å². The summed E-state index contributed by atoms with van der Waals surface area (Å²) in [6, 6.07) is 14.9. The van der Waals surface area contributed by atoms with Crippen LogP contribution in [-0.2, 0) is 20.2 Å². The number of para-hydroxylation sites is 1. The minimum Gasteiger partial charge on any atom is -0.491 e. The van der Waals surface area contributed by atoms with Gasteiger partial charge >= 0.3 is 0 Å². The van der Waals surface area contributed by atoms with Crippen LogP contribution in [0.5, 0.6) is 5.75 Å². The summed E-state index contributed by atoms with van der Waals surface area (Å²) in [5, 5.41) is 2.74. The van der Waals surface area contributed by atoms with Gasteiger partial charge in [-0.25, -0.2) is 8.42 Å². The fourth-order valence-electron chi connectivity index (χ4n) is 2.92. The first-order valence-corrected chi connectivity index (χ1v) is 12.7. The maximum absolute atomic E-state index is 12.4. The maximum atomic E-state index is 12.4. The molecule has 0 atom stereocenters. The van der Waals surface area contributed by atoms with E-state index in [1.54, 1.807) is 18.2 Å². The summed E-state index contributed by atoms with van der Waals surface area (Å²) in [5.41, 5.74) is 1.50.